The van der Waals surface area contributed by atoms with Gasteiger partial charge in [-0.15, -0.1) is 0 Å². The Morgan fingerprint density at radius 3 is 2.52 bits per heavy atom. The predicted octanol–water partition coefficient (Wildman–Crippen LogP) is 1.02. The monoisotopic (exact) mass is 374 g/mol. The molecule has 1 unspecified atom stereocenters. The molecule has 2 N–H and O–H groups in total. The zero-order valence-electron chi connectivity index (χ0n) is 14.9. The summed E-state index contributed by atoms with van der Waals surface area (Å²) in [5.74, 6) is -1.61. The summed E-state index contributed by atoms with van der Waals surface area (Å²) in [5, 5.41) is 10.9. The van der Waals surface area contributed by atoms with Gasteiger partial charge in [0.2, 0.25) is 11.8 Å². The largest absolute Gasteiger partial charge is 0.494 e. The van der Waals surface area contributed by atoms with Crippen LogP contribution in [0.4, 0.5) is 0 Å². The van der Waals surface area contributed by atoms with Crippen molar-refractivity contribution in [3.8, 4) is 5.75 Å². The molecule has 2 heterocycles. The highest BCUT2D eigenvalue weighted by atomic mass is 16.5. The van der Waals surface area contributed by atoms with Crippen molar-refractivity contribution < 1.29 is 29.0 Å². The average Bonchev–Trinajstić information content (AvgIpc) is 2.89. The van der Waals surface area contributed by atoms with E-state index in [2.05, 4.69) is 5.32 Å². The first-order chi connectivity index (χ1) is 13.0. The van der Waals surface area contributed by atoms with E-state index in [0.717, 1.165) is 30.6 Å². The highest BCUT2D eigenvalue weighted by Crippen LogP contribution is 2.30. The van der Waals surface area contributed by atoms with Crippen LogP contribution in [-0.4, -0.2) is 52.9 Å². The van der Waals surface area contributed by atoms with Crippen molar-refractivity contribution in [2.75, 3.05) is 13.2 Å². The van der Waals surface area contributed by atoms with Crippen molar-refractivity contribution in [1.82, 2.24) is 10.2 Å². The van der Waals surface area contributed by atoms with Crippen molar-refractivity contribution >= 4 is 23.6 Å². The molecule has 0 spiro atoms. The molecule has 0 aliphatic carbocycles. The zero-order valence-corrected chi connectivity index (χ0v) is 14.9. The maximum atomic E-state index is 12.7. The number of hydrogen-bond acceptors (Lipinski definition) is 6. The van der Waals surface area contributed by atoms with Crippen LogP contribution in [0, 0.1) is 0 Å². The number of aliphatic hydroxyl groups excluding tert-OH is 1. The minimum atomic E-state index is -0.967. The Balaban J connectivity index is 1.66. The number of fused-ring (bicyclic) bond motifs is 1. The number of nitrogens with zero attached hydrogens (tertiary/aromatic N) is 1. The molecule has 1 aromatic carbocycles. The molecule has 1 aromatic rings. The molecule has 8 nitrogen and oxygen atoms in total. The van der Waals surface area contributed by atoms with Gasteiger partial charge in [-0.25, -0.2) is 0 Å². The van der Waals surface area contributed by atoms with Gasteiger partial charge in [0.15, 0.2) is 0 Å². The average molecular weight is 374 g/mol. The molecule has 1 atom stereocenters. The number of imide groups is 2. The van der Waals surface area contributed by atoms with Crippen molar-refractivity contribution in [2.24, 2.45) is 0 Å². The molecule has 8 heteroatoms. The van der Waals surface area contributed by atoms with Crippen LogP contribution in [-0.2, 0) is 9.59 Å². The molecule has 3 rings (SSSR count). The first kappa shape index (κ1) is 19.0. The van der Waals surface area contributed by atoms with Gasteiger partial charge in [0.05, 0.1) is 17.7 Å². The van der Waals surface area contributed by atoms with Crippen molar-refractivity contribution in [3.63, 3.8) is 0 Å². The summed E-state index contributed by atoms with van der Waals surface area (Å²) in [6.45, 7) is 0.661. The summed E-state index contributed by atoms with van der Waals surface area (Å²) in [5.41, 5.74) is 0.447. The topological polar surface area (TPSA) is 113 Å². The van der Waals surface area contributed by atoms with Gasteiger partial charge in [0.25, 0.3) is 11.8 Å². The second kappa shape index (κ2) is 8.30. The molecular formula is C19H22N2O6. The highest BCUT2D eigenvalue weighted by Gasteiger charge is 2.44. The summed E-state index contributed by atoms with van der Waals surface area (Å²) in [6, 6.07) is 3.72. The minimum Gasteiger partial charge on any atom is -0.494 e. The number of hydrogen-bond donors (Lipinski definition) is 2. The standard InChI is InChI=1S/C19H22N2O6/c22-9-3-1-2-4-10-27-12-5-6-13-14(11-12)19(26)21(18(13)25)15-7-8-16(23)20-17(15)24/h5-6,11,15,22H,1-4,7-10H2,(H,20,23,24). The molecule has 2 aliphatic rings. The third kappa shape index (κ3) is 4.00. The SMILES string of the molecule is O=C1CCC(N2C(=O)c3ccc(OCCCCCCO)cc3C2=O)C(=O)N1. The first-order valence-electron chi connectivity index (χ1n) is 9.12. The van der Waals surface area contributed by atoms with Crippen LogP contribution < -0.4 is 10.1 Å². The first-order valence-corrected chi connectivity index (χ1v) is 9.12. The predicted molar refractivity (Wildman–Crippen MR) is 94.2 cm³/mol. The van der Waals surface area contributed by atoms with E-state index in [1.807, 2.05) is 0 Å². The lowest BCUT2D eigenvalue weighted by Gasteiger charge is -2.27. The van der Waals surface area contributed by atoms with E-state index in [1.165, 1.54) is 12.1 Å². The molecule has 2 aliphatic heterocycles. The highest BCUT2D eigenvalue weighted by molar-refractivity contribution is 6.23. The fourth-order valence-electron chi connectivity index (χ4n) is 3.30. The smallest absolute Gasteiger partial charge is 0.262 e. The third-order valence-electron chi connectivity index (χ3n) is 4.73. The maximum absolute atomic E-state index is 12.7. The van der Waals surface area contributed by atoms with Gasteiger partial charge in [-0.05, 0) is 43.9 Å². The Labute approximate surface area is 156 Å². The Bertz CT molecular complexity index is 775. The van der Waals surface area contributed by atoms with Gasteiger partial charge >= 0.3 is 0 Å². The van der Waals surface area contributed by atoms with Gasteiger partial charge < -0.3 is 9.84 Å². The van der Waals surface area contributed by atoms with Gasteiger partial charge in [-0.3, -0.25) is 29.4 Å². The van der Waals surface area contributed by atoms with Gasteiger partial charge in [0.1, 0.15) is 11.8 Å². The van der Waals surface area contributed by atoms with Crippen LogP contribution in [0.15, 0.2) is 18.2 Å². The second-order valence-electron chi connectivity index (χ2n) is 6.64. The summed E-state index contributed by atoms with van der Waals surface area (Å²) in [7, 11) is 0. The third-order valence-corrected chi connectivity index (χ3v) is 4.73. The fraction of sp³-hybridized carbons (Fsp3) is 0.474. The Morgan fingerprint density at radius 1 is 1.04 bits per heavy atom. The Kier molecular flexibility index (Phi) is 5.85. The summed E-state index contributed by atoms with van der Waals surface area (Å²) in [4.78, 5) is 49.5. The van der Waals surface area contributed by atoms with E-state index in [0.29, 0.717) is 12.4 Å². The van der Waals surface area contributed by atoms with E-state index < -0.39 is 29.7 Å². The molecule has 0 bridgehead atoms. The van der Waals surface area contributed by atoms with Crippen LogP contribution in [0.1, 0.15) is 59.2 Å². The minimum absolute atomic E-state index is 0.0917. The molecule has 27 heavy (non-hydrogen) atoms. The number of amides is 4. The molecule has 1 fully saturated rings. The zero-order chi connectivity index (χ0) is 19.4. The number of piperidine rings is 1. The summed E-state index contributed by atoms with van der Waals surface area (Å²) >= 11 is 0. The number of carbonyl (C=O) groups excluding carboxylic acids is 4. The molecular weight excluding hydrogens is 352 g/mol. The second-order valence-corrected chi connectivity index (χ2v) is 6.64. The molecule has 0 radical (unpaired) electrons. The number of benzene rings is 1. The van der Waals surface area contributed by atoms with Gasteiger partial charge in [-0.1, -0.05) is 6.42 Å². The lowest BCUT2D eigenvalue weighted by atomic mass is 10.0. The number of unbranched alkanes of at least 4 members (excludes halogenated alkanes) is 3. The number of ether oxygens (including phenoxy) is 1. The van der Waals surface area contributed by atoms with Crippen LogP contribution in [0.5, 0.6) is 5.75 Å². The molecule has 0 aromatic heterocycles. The van der Waals surface area contributed by atoms with Crippen LogP contribution in [0.2, 0.25) is 0 Å². The molecule has 0 saturated carbocycles. The van der Waals surface area contributed by atoms with E-state index in [9.17, 15) is 19.2 Å². The number of nitrogens with one attached hydrogen (secondary N) is 1. The van der Waals surface area contributed by atoms with E-state index >= 15 is 0 Å². The quantitative estimate of drug-likeness (QED) is 0.519. The van der Waals surface area contributed by atoms with Crippen LogP contribution >= 0.6 is 0 Å². The molecule has 4 amide bonds. The fourth-order valence-corrected chi connectivity index (χ4v) is 3.30. The van der Waals surface area contributed by atoms with Crippen molar-refractivity contribution in [3.05, 3.63) is 29.3 Å². The van der Waals surface area contributed by atoms with E-state index in [1.54, 1.807) is 6.07 Å². The molecule has 1 saturated heterocycles. The van der Waals surface area contributed by atoms with Gasteiger partial charge in [0, 0.05) is 13.0 Å². The maximum Gasteiger partial charge on any atom is 0.262 e. The summed E-state index contributed by atoms with van der Waals surface area (Å²) < 4.78 is 5.64. The number of carbonyl (C=O) groups is 4. The lowest BCUT2D eigenvalue weighted by Crippen LogP contribution is -2.54. The normalized spacial score (nSPS) is 19.3. The summed E-state index contributed by atoms with van der Waals surface area (Å²) in [6.07, 6.45) is 3.68. The van der Waals surface area contributed by atoms with Gasteiger partial charge in [-0.2, -0.15) is 0 Å². The Hall–Kier alpha value is -2.74. The number of rotatable bonds is 8. The van der Waals surface area contributed by atoms with E-state index in [4.69, 9.17) is 9.84 Å². The van der Waals surface area contributed by atoms with Crippen LogP contribution in [0.3, 0.4) is 0 Å². The lowest BCUT2D eigenvalue weighted by molar-refractivity contribution is -0.136. The van der Waals surface area contributed by atoms with Crippen LogP contribution in [0.25, 0.3) is 0 Å². The number of aliphatic hydroxyl groups is 1. The molecule has 144 valence electrons. The van der Waals surface area contributed by atoms with Crippen molar-refractivity contribution in [1.29, 1.82) is 0 Å². The van der Waals surface area contributed by atoms with Crippen molar-refractivity contribution in [2.45, 2.75) is 44.6 Å². The van der Waals surface area contributed by atoms with E-state index in [-0.39, 0.29) is 30.6 Å². The Morgan fingerprint density at radius 2 is 1.78 bits per heavy atom.